The molecule has 0 saturated heterocycles. The van der Waals surface area contributed by atoms with Gasteiger partial charge in [0.05, 0.1) is 30.8 Å². The Morgan fingerprint density at radius 1 is 1.18 bits per heavy atom. The largest absolute Gasteiger partial charge is 0.492 e. The molecular weight excluding hydrogens is 420 g/mol. The Morgan fingerprint density at radius 2 is 1.96 bits per heavy atom. The molecule has 0 aliphatic heterocycles. The summed E-state index contributed by atoms with van der Waals surface area (Å²) in [6.07, 6.45) is 1.84. The number of nitrogens with zero attached hydrogens (tertiary/aromatic N) is 1. The molecular formula is C22H21BrN2O3. The highest BCUT2D eigenvalue weighted by Gasteiger charge is 2.10. The molecule has 0 saturated carbocycles. The summed E-state index contributed by atoms with van der Waals surface area (Å²) < 4.78 is 11.7. The van der Waals surface area contributed by atoms with Crippen molar-refractivity contribution >= 4 is 38.8 Å². The Bertz CT molecular complexity index is 1010. The molecule has 28 heavy (non-hydrogen) atoms. The normalized spacial score (nSPS) is 11.0. The number of nitrogens with one attached hydrogen (secondary N) is 1. The van der Waals surface area contributed by atoms with Gasteiger partial charge in [0, 0.05) is 0 Å². The summed E-state index contributed by atoms with van der Waals surface area (Å²) in [5, 5.41) is 6.26. The van der Waals surface area contributed by atoms with Gasteiger partial charge in [-0.1, -0.05) is 42.5 Å². The van der Waals surface area contributed by atoms with E-state index in [0.29, 0.717) is 18.1 Å². The summed E-state index contributed by atoms with van der Waals surface area (Å²) in [6.45, 7) is 2.42. The molecule has 0 aliphatic carbocycles. The number of rotatable bonds is 7. The lowest BCUT2D eigenvalue weighted by molar-refractivity contribution is -0.120. The summed E-state index contributed by atoms with van der Waals surface area (Å²) in [5.41, 5.74) is 4.34. The van der Waals surface area contributed by atoms with Crippen LogP contribution in [0, 0.1) is 0 Å². The van der Waals surface area contributed by atoms with Crippen molar-refractivity contribution in [3.8, 4) is 11.5 Å². The number of benzene rings is 3. The molecule has 0 aromatic heterocycles. The van der Waals surface area contributed by atoms with E-state index in [-0.39, 0.29) is 12.3 Å². The zero-order chi connectivity index (χ0) is 19.9. The van der Waals surface area contributed by atoms with E-state index in [2.05, 4.69) is 26.5 Å². The first-order valence-corrected chi connectivity index (χ1v) is 9.70. The maximum atomic E-state index is 12.3. The van der Waals surface area contributed by atoms with Gasteiger partial charge >= 0.3 is 0 Å². The highest BCUT2D eigenvalue weighted by atomic mass is 79.9. The van der Waals surface area contributed by atoms with Gasteiger partial charge in [0.2, 0.25) is 5.91 Å². The number of hydrogen-bond acceptors (Lipinski definition) is 4. The summed E-state index contributed by atoms with van der Waals surface area (Å²) in [5.74, 6) is 1.06. The number of methoxy groups -OCH3 is 1. The van der Waals surface area contributed by atoms with Crippen molar-refractivity contribution < 1.29 is 14.3 Å². The minimum absolute atomic E-state index is 0.176. The quantitative estimate of drug-likeness (QED) is 0.427. The van der Waals surface area contributed by atoms with Crippen molar-refractivity contribution in [2.45, 2.75) is 13.3 Å². The molecule has 0 fully saturated rings. The van der Waals surface area contributed by atoms with Crippen molar-refractivity contribution in [1.29, 1.82) is 0 Å². The molecule has 0 unspecified atom stereocenters. The lowest BCUT2D eigenvalue weighted by Gasteiger charge is -2.11. The van der Waals surface area contributed by atoms with Gasteiger partial charge in [-0.05, 0) is 56.9 Å². The van der Waals surface area contributed by atoms with Crippen LogP contribution in [0.15, 0.2) is 64.2 Å². The molecule has 0 atom stereocenters. The minimum Gasteiger partial charge on any atom is -0.492 e. The van der Waals surface area contributed by atoms with Gasteiger partial charge in [0.25, 0.3) is 0 Å². The van der Waals surface area contributed by atoms with Crippen molar-refractivity contribution in [3.05, 3.63) is 70.2 Å². The van der Waals surface area contributed by atoms with E-state index in [1.807, 2.05) is 61.5 Å². The number of halogens is 1. The van der Waals surface area contributed by atoms with Gasteiger partial charge < -0.3 is 9.47 Å². The Labute approximate surface area is 172 Å². The van der Waals surface area contributed by atoms with Crippen LogP contribution in [0.25, 0.3) is 10.8 Å². The van der Waals surface area contributed by atoms with Crippen molar-refractivity contribution in [2.75, 3.05) is 13.7 Å². The molecule has 0 heterocycles. The number of hydrazone groups is 1. The third-order valence-electron chi connectivity index (χ3n) is 4.17. The van der Waals surface area contributed by atoms with Crippen LogP contribution in [-0.2, 0) is 11.2 Å². The summed E-state index contributed by atoms with van der Waals surface area (Å²) in [4.78, 5) is 12.3. The molecule has 0 bridgehead atoms. The van der Waals surface area contributed by atoms with Crippen molar-refractivity contribution in [2.24, 2.45) is 5.10 Å². The van der Waals surface area contributed by atoms with Gasteiger partial charge in [-0.3, -0.25) is 4.79 Å². The molecule has 3 aromatic carbocycles. The van der Waals surface area contributed by atoms with E-state index in [1.165, 1.54) is 0 Å². The molecule has 1 amide bonds. The molecule has 144 valence electrons. The van der Waals surface area contributed by atoms with Gasteiger partial charge in [0.1, 0.15) is 0 Å². The van der Waals surface area contributed by atoms with E-state index < -0.39 is 0 Å². The molecule has 3 rings (SSSR count). The Hall–Kier alpha value is -2.86. The molecule has 6 heteroatoms. The fraction of sp³-hybridized carbons (Fsp3) is 0.182. The fourth-order valence-electron chi connectivity index (χ4n) is 2.96. The van der Waals surface area contributed by atoms with Crippen LogP contribution in [0.5, 0.6) is 11.5 Å². The maximum absolute atomic E-state index is 12.3. The molecule has 0 radical (unpaired) electrons. The molecule has 3 aromatic rings. The second-order valence-electron chi connectivity index (χ2n) is 6.08. The number of amides is 1. The number of hydrogen-bond donors (Lipinski definition) is 1. The number of carbonyl (C=O) groups excluding carboxylic acids is 1. The highest BCUT2D eigenvalue weighted by molar-refractivity contribution is 9.10. The number of carbonyl (C=O) groups is 1. The van der Waals surface area contributed by atoms with Crippen LogP contribution in [0.1, 0.15) is 18.1 Å². The van der Waals surface area contributed by atoms with Crippen LogP contribution in [0.2, 0.25) is 0 Å². The minimum atomic E-state index is -0.176. The summed E-state index contributed by atoms with van der Waals surface area (Å²) in [7, 11) is 1.59. The van der Waals surface area contributed by atoms with Crippen molar-refractivity contribution in [3.63, 3.8) is 0 Å². The third kappa shape index (κ3) is 4.70. The van der Waals surface area contributed by atoms with Crippen LogP contribution < -0.4 is 14.9 Å². The van der Waals surface area contributed by atoms with Crippen LogP contribution >= 0.6 is 15.9 Å². The van der Waals surface area contributed by atoms with Gasteiger partial charge in [0.15, 0.2) is 11.5 Å². The fourth-order valence-corrected chi connectivity index (χ4v) is 3.58. The first-order valence-electron chi connectivity index (χ1n) is 8.91. The van der Waals surface area contributed by atoms with E-state index in [0.717, 1.165) is 26.4 Å². The SMILES string of the molecule is CCOc1cc(/C=N\NC(=O)Cc2cccc3ccccc23)cc(Br)c1OC. The third-order valence-corrected chi connectivity index (χ3v) is 4.76. The molecule has 0 spiro atoms. The standard InChI is InChI=1S/C22H21BrN2O3/c1-3-28-20-12-15(11-19(23)22(20)27-2)14-24-25-21(26)13-17-9-6-8-16-7-4-5-10-18(16)17/h4-12,14H,3,13H2,1-2H3,(H,25,26)/b24-14-. The van der Waals surface area contributed by atoms with E-state index in [1.54, 1.807) is 13.3 Å². The predicted octanol–water partition coefficient (Wildman–Crippen LogP) is 4.70. The smallest absolute Gasteiger partial charge is 0.244 e. The zero-order valence-corrected chi connectivity index (χ0v) is 17.3. The number of ether oxygens (including phenoxy) is 2. The first kappa shape index (κ1) is 19.9. The monoisotopic (exact) mass is 440 g/mol. The maximum Gasteiger partial charge on any atom is 0.244 e. The zero-order valence-electron chi connectivity index (χ0n) is 15.7. The highest BCUT2D eigenvalue weighted by Crippen LogP contribution is 2.36. The average molecular weight is 441 g/mol. The molecule has 1 N–H and O–H groups in total. The molecule has 5 nitrogen and oxygen atoms in total. The van der Waals surface area contributed by atoms with Crippen molar-refractivity contribution in [1.82, 2.24) is 5.43 Å². The summed E-state index contributed by atoms with van der Waals surface area (Å²) >= 11 is 3.46. The van der Waals surface area contributed by atoms with E-state index in [9.17, 15) is 4.79 Å². The predicted molar refractivity (Wildman–Crippen MR) is 115 cm³/mol. The van der Waals surface area contributed by atoms with E-state index >= 15 is 0 Å². The lowest BCUT2D eigenvalue weighted by Crippen LogP contribution is -2.19. The second kappa shape index (κ2) is 9.37. The number of fused-ring (bicyclic) bond motifs is 1. The Kier molecular flexibility index (Phi) is 6.66. The Balaban J connectivity index is 1.69. The van der Waals surface area contributed by atoms with E-state index in [4.69, 9.17) is 9.47 Å². The van der Waals surface area contributed by atoms with Gasteiger partial charge in [-0.25, -0.2) is 5.43 Å². The van der Waals surface area contributed by atoms with Gasteiger partial charge in [-0.15, -0.1) is 0 Å². The van der Waals surface area contributed by atoms with Crippen LogP contribution in [0.3, 0.4) is 0 Å². The van der Waals surface area contributed by atoms with Gasteiger partial charge in [-0.2, -0.15) is 5.10 Å². The lowest BCUT2D eigenvalue weighted by atomic mass is 10.0. The Morgan fingerprint density at radius 3 is 2.75 bits per heavy atom. The van der Waals surface area contributed by atoms with Crippen LogP contribution in [-0.4, -0.2) is 25.8 Å². The van der Waals surface area contributed by atoms with Crippen LogP contribution in [0.4, 0.5) is 0 Å². The topological polar surface area (TPSA) is 59.9 Å². The average Bonchev–Trinajstić information content (AvgIpc) is 2.68. The first-order chi connectivity index (χ1) is 13.6. The summed E-state index contributed by atoms with van der Waals surface area (Å²) in [6, 6.07) is 17.6. The molecule has 0 aliphatic rings. The second-order valence-corrected chi connectivity index (χ2v) is 6.93.